The molecule has 1 saturated heterocycles. The van der Waals surface area contributed by atoms with E-state index in [1.54, 1.807) is 11.8 Å². The van der Waals surface area contributed by atoms with Crippen LogP contribution in [0.2, 0.25) is 0 Å². The molecule has 3 aliphatic carbocycles. The van der Waals surface area contributed by atoms with Crippen molar-refractivity contribution in [2.45, 2.75) is 68.2 Å². The van der Waals surface area contributed by atoms with Crippen molar-refractivity contribution in [2.75, 3.05) is 20.1 Å². The summed E-state index contributed by atoms with van der Waals surface area (Å²) in [6.07, 6.45) is 5.95. The Kier molecular flexibility index (Phi) is 5.51. The first kappa shape index (κ1) is 20.5. The second kappa shape index (κ2) is 7.80. The highest BCUT2D eigenvalue weighted by molar-refractivity contribution is 8.02. The molecule has 0 spiro atoms. The smallest absolute Gasteiger partial charge is 0.237 e. The first-order valence-electron chi connectivity index (χ1n) is 10.3. The Balaban J connectivity index is 1.30. The van der Waals surface area contributed by atoms with Crippen molar-refractivity contribution in [3.05, 3.63) is 11.6 Å². The number of nitrogens with one attached hydrogen (secondary N) is 2. The fraction of sp³-hybridized carbons (Fsp3) is 0.750. The second-order valence-corrected chi connectivity index (χ2v) is 9.84. The van der Waals surface area contributed by atoms with Crippen LogP contribution in [0.25, 0.3) is 0 Å². The topological polar surface area (TPSA) is 88.5 Å². The van der Waals surface area contributed by atoms with Crippen molar-refractivity contribution in [2.24, 2.45) is 5.41 Å². The molecule has 5 rings (SSSR count). The average molecular weight is 422 g/mol. The Hall–Kier alpha value is -1.79. The minimum atomic E-state index is -1.11. The predicted octanol–water partition coefficient (Wildman–Crippen LogP) is 1.68. The number of hydrogen-bond donors (Lipinski definition) is 2. The zero-order valence-electron chi connectivity index (χ0n) is 16.7. The fourth-order valence-electron chi connectivity index (χ4n) is 5.12. The molecule has 2 bridgehead atoms. The molecule has 0 aromatic heterocycles. The molecule has 4 fully saturated rings. The Labute approximate surface area is 175 Å². The van der Waals surface area contributed by atoms with E-state index in [2.05, 4.69) is 10.6 Å². The molecular weight excluding hydrogens is 393 g/mol. The van der Waals surface area contributed by atoms with Crippen LogP contribution in [0, 0.1) is 16.7 Å². The summed E-state index contributed by atoms with van der Waals surface area (Å²) in [4.78, 5) is 28.9. The van der Waals surface area contributed by atoms with E-state index >= 15 is 0 Å². The molecule has 158 valence electrons. The van der Waals surface area contributed by atoms with Gasteiger partial charge in [0.05, 0.1) is 19.2 Å². The molecule has 5 aliphatic rings. The van der Waals surface area contributed by atoms with E-state index in [4.69, 9.17) is 5.26 Å². The number of alkyl halides is 1. The molecule has 3 saturated carbocycles. The number of carbonyl (C=O) groups is 2. The number of hydrogen-bond acceptors (Lipinski definition) is 6. The molecule has 0 radical (unpaired) electrons. The van der Waals surface area contributed by atoms with E-state index in [0.717, 1.165) is 38.5 Å². The van der Waals surface area contributed by atoms with Crippen molar-refractivity contribution in [1.82, 2.24) is 20.4 Å². The van der Waals surface area contributed by atoms with Crippen LogP contribution in [0.5, 0.6) is 0 Å². The first-order valence-corrected chi connectivity index (χ1v) is 11.2. The van der Waals surface area contributed by atoms with Gasteiger partial charge in [-0.2, -0.15) is 5.26 Å². The molecule has 0 aromatic rings. The summed E-state index contributed by atoms with van der Waals surface area (Å²) in [5, 5.41) is 17.7. The monoisotopic (exact) mass is 421 g/mol. The van der Waals surface area contributed by atoms with Gasteiger partial charge < -0.3 is 20.4 Å². The van der Waals surface area contributed by atoms with E-state index in [-0.39, 0.29) is 47.8 Å². The number of halogens is 1. The zero-order valence-corrected chi connectivity index (χ0v) is 17.5. The largest absolute Gasteiger partial charge is 0.351 e. The highest BCUT2D eigenvalue weighted by Crippen LogP contribution is 2.52. The molecule has 7 nitrogen and oxygen atoms in total. The highest BCUT2D eigenvalue weighted by Gasteiger charge is 2.52. The number of thioether (sulfide) groups is 1. The highest BCUT2D eigenvalue weighted by atomic mass is 32.2. The maximum Gasteiger partial charge on any atom is 0.237 e. The molecule has 3 atom stereocenters. The van der Waals surface area contributed by atoms with Gasteiger partial charge in [0, 0.05) is 30.6 Å². The minimum Gasteiger partial charge on any atom is -0.351 e. The number of amides is 2. The van der Waals surface area contributed by atoms with Crippen LogP contribution >= 0.6 is 11.8 Å². The van der Waals surface area contributed by atoms with Crippen LogP contribution in [-0.4, -0.2) is 65.0 Å². The van der Waals surface area contributed by atoms with Gasteiger partial charge in [0.1, 0.15) is 12.2 Å². The molecule has 2 aliphatic heterocycles. The predicted molar refractivity (Wildman–Crippen MR) is 108 cm³/mol. The van der Waals surface area contributed by atoms with Crippen LogP contribution in [0.3, 0.4) is 0 Å². The lowest BCUT2D eigenvalue weighted by Crippen LogP contribution is -2.60. The number of fused-ring (bicyclic) bond motifs is 3. The summed E-state index contributed by atoms with van der Waals surface area (Å²) < 4.78 is 13.6. The lowest BCUT2D eigenvalue weighted by Gasteiger charge is -2.53. The van der Waals surface area contributed by atoms with Crippen molar-refractivity contribution in [3.8, 4) is 6.07 Å². The van der Waals surface area contributed by atoms with Gasteiger partial charge in [0.25, 0.3) is 0 Å². The SMILES string of the molecule is CN1C=CSC1NC(=O)C12CCC(NCC(=O)N3C[C@@H](F)C[C@H]3C#N)(CC1)CC2. The third-order valence-electron chi connectivity index (χ3n) is 7.19. The Morgan fingerprint density at radius 2 is 1.97 bits per heavy atom. The Morgan fingerprint density at radius 3 is 2.55 bits per heavy atom. The molecular formula is C20H28FN5O2S. The third kappa shape index (κ3) is 3.84. The van der Waals surface area contributed by atoms with Gasteiger partial charge in [-0.15, -0.1) is 0 Å². The van der Waals surface area contributed by atoms with Gasteiger partial charge in [0.15, 0.2) is 5.50 Å². The molecule has 2 heterocycles. The normalized spacial score (nSPS) is 38.3. The van der Waals surface area contributed by atoms with Gasteiger partial charge in [-0.3, -0.25) is 9.59 Å². The van der Waals surface area contributed by atoms with Crippen LogP contribution in [0.15, 0.2) is 11.6 Å². The standard InChI is InChI=1S/C20H28FN5O2S/c1-25-8-9-29-18(25)24-17(28)19-2-5-20(6-3-19,7-4-19)23-12-16(27)26-13-14(21)10-15(26)11-22/h8-9,14-15,18,23H,2-7,10,12-13H2,1H3,(H,24,28)/t14-,15-,18?,19?,20?/m0/s1. The maximum atomic E-state index is 13.6. The van der Waals surface area contributed by atoms with Gasteiger partial charge in [-0.25, -0.2) is 4.39 Å². The Morgan fingerprint density at radius 1 is 1.28 bits per heavy atom. The van der Waals surface area contributed by atoms with Gasteiger partial charge in [-0.1, -0.05) is 11.8 Å². The van der Waals surface area contributed by atoms with Crippen LogP contribution in [-0.2, 0) is 9.59 Å². The van der Waals surface area contributed by atoms with Crippen molar-refractivity contribution in [1.29, 1.82) is 5.26 Å². The molecule has 1 unspecified atom stereocenters. The zero-order chi connectivity index (χ0) is 20.6. The van der Waals surface area contributed by atoms with Crippen LogP contribution < -0.4 is 10.6 Å². The molecule has 0 aromatic carbocycles. The van der Waals surface area contributed by atoms with Crippen molar-refractivity contribution < 1.29 is 14.0 Å². The van der Waals surface area contributed by atoms with Crippen molar-refractivity contribution >= 4 is 23.6 Å². The van der Waals surface area contributed by atoms with E-state index < -0.39 is 12.2 Å². The molecule has 9 heteroatoms. The summed E-state index contributed by atoms with van der Waals surface area (Å²) in [6.45, 7) is 0.136. The molecule has 29 heavy (non-hydrogen) atoms. The van der Waals surface area contributed by atoms with Crippen molar-refractivity contribution in [3.63, 3.8) is 0 Å². The van der Waals surface area contributed by atoms with Gasteiger partial charge >= 0.3 is 0 Å². The average Bonchev–Trinajstić information content (AvgIpc) is 3.32. The van der Waals surface area contributed by atoms with Gasteiger partial charge in [-0.05, 0) is 43.9 Å². The second-order valence-electron chi connectivity index (χ2n) is 8.85. The summed E-state index contributed by atoms with van der Waals surface area (Å²) in [7, 11) is 1.95. The van der Waals surface area contributed by atoms with E-state index in [0.29, 0.717) is 0 Å². The Bertz CT molecular complexity index is 729. The van der Waals surface area contributed by atoms with E-state index in [1.165, 1.54) is 4.90 Å². The van der Waals surface area contributed by atoms with E-state index in [9.17, 15) is 14.0 Å². The molecule has 2 amide bonds. The van der Waals surface area contributed by atoms with Gasteiger partial charge in [0.2, 0.25) is 11.8 Å². The number of nitriles is 1. The summed E-state index contributed by atoms with van der Waals surface area (Å²) in [5.41, 5.74) is -0.469. The summed E-state index contributed by atoms with van der Waals surface area (Å²) >= 11 is 1.60. The van der Waals surface area contributed by atoms with Crippen LogP contribution in [0.4, 0.5) is 4.39 Å². The minimum absolute atomic E-state index is 0.0114. The van der Waals surface area contributed by atoms with Crippen LogP contribution in [0.1, 0.15) is 44.9 Å². The van der Waals surface area contributed by atoms with E-state index in [1.807, 2.05) is 29.6 Å². The maximum absolute atomic E-state index is 13.6. The quantitative estimate of drug-likeness (QED) is 0.702. The number of rotatable bonds is 5. The fourth-order valence-corrected chi connectivity index (χ4v) is 5.97. The first-order chi connectivity index (χ1) is 13.9. The number of carbonyl (C=O) groups excluding carboxylic acids is 2. The lowest BCUT2D eigenvalue weighted by molar-refractivity contribution is -0.140. The lowest BCUT2D eigenvalue weighted by atomic mass is 9.57. The summed E-state index contributed by atoms with van der Waals surface area (Å²) in [5.74, 6) is -0.0714. The third-order valence-corrected chi connectivity index (χ3v) is 8.18. The number of nitrogens with zero attached hydrogens (tertiary/aromatic N) is 3. The summed E-state index contributed by atoms with van der Waals surface area (Å²) in [6, 6.07) is 1.37. The number of likely N-dealkylation sites (tertiary alicyclic amines) is 1. The molecule has 2 N–H and O–H groups in total.